The van der Waals surface area contributed by atoms with E-state index in [1.165, 1.54) is 34.0 Å². The SMILES string of the molecule is SCC1(CN2c3ccccc3Sc3ccccc32)CC1. The Morgan fingerprint density at radius 3 is 2.00 bits per heavy atom. The van der Waals surface area contributed by atoms with Gasteiger partial charge in [-0.1, -0.05) is 36.0 Å². The van der Waals surface area contributed by atoms with Crippen molar-refractivity contribution >= 4 is 35.8 Å². The number of thiol groups is 1. The van der Waals surface area contributed by atoms with Gasteiger partial charge in [0.25, 0.3) is 0 Å². The van der Waals surface area contributed by atoms with Gasteiger partial charge in [-0.2, -0.15) is 12.6 Å². The molecule has 4 rings (SSSR count). The summed E-state index contributed by atoms with van der Waals surface area (Å²) in [4.78, 5) is 5.23. The van der Waals surface area contributed by atoms with Gasteiger partial charge in [0.15, 0.2) is 0 Å². The quantitative estimate of drug-likeness (QED) is 0.795. The van der Waals surface area contributed by atoms with E-state index in [-0.39, 0.29) is 0 Å². The Morgan fingerprint density at radius 1 is 0.950 bits per heavy atom. The van der Waals surface area contributed by atoms with Gasteiger partial charge in [-0.3, -0.25) is 0 Å². The maximum absolute atomic E-state index is 4.57. The fourth-order valence-electron chi connectivity index (χ4n) is 2.83. The molecule has 0 saturated heterocycles. The first-order valence-electron chi connectivity index (χ1n) is 7.06. The molecule has 1 saturated carbocycles. The Hall–Kier alpha value is -1.06. The standard InChI is InChI=1S/C17H17NS2/c19-12-17(9-10-17)11-18-13-5-1-3-7-15(13)20-16-8-4-2-6-14(16)18/h1-8,19H,9-12H2. The maximum Gasteiger partial charge on any atom is 0.0553 e. The van der Waals surface area contributed by atoms with Gasteiger partial charge >= 0.3 is 0 Å². The van der Waals surface area contributed by atoms with Crippen molar-refractivity contribution in [2.45, 2.75) is 22.6 Å². The molecule has 2 aromatic carbocycles. The van der Waals surface area contributed by atoms with Crippen molar-refractivity contribution in [1.29, 1.82) is 0 Å². The number of rotatable bonds is 3. The summed E-state index contributed by atoms with van der Waals surface area (Å²) in [6.07, 6.45) is 2.62. The molecule has 0 amide bonds. The molecule has 20 heavy (non-hydrogen) atoms. The molecule has 1 heterocycles. The highest BCUT2D eigenvalue weighted by Crippen LogP contribution is 2.53. The van der Waals surface area contributed by atoms with Crippen molar-refractivity contribution in [3.05, 3.63) is 48.5 Å². The molecular weight excluding hydrogens is 282 g/mol. The van der Waals surface area contributed by atoms with Gasteiger partial charge in [0, 0.05) is 16.3 Å². The number of para-hydroxylation sites is 2. The predicted octanol–water partition coefficient (Wildman–Crippen LogP) is 5.00. The highest BCUT2D eigenvalue weighted by Gasteiger charge is 2.43. The summed E-state index contributed by atoms with van der Waals surface area (Å²) in [5, 5.41) is 0. The van der Waals surface area contributed by atoms with Gasteiger partial charge in [-0.05, 0) is 48.3 Å². The molecular formula is C17H17NS2. The topological polar surface area (TPSA) is 3.24 Å². The molecule has 0 atom stereocenters. The van der Waals surface area contributed by atoms with E-state index >= 15 is 0 Å². The largest absolute Gasteiger partial charge is 0.339 e. The van der Waals surface area contributed by atoms with Crippen molar-refractivity contribution in [2.75, 3.05) is 17.2 Å². The maximum atomic E-state index is 4.57. The number of anilines is 2. The first-order valence-corrected chi connectivity index (χ1v) is 8.51. The van der Waals surface area contributed by atoms with Crippen molar-refractivity contribution in [1.82, 2.24) is 0 Å². The van der Waals surface area contributed by atoms with Gasteiger partial charge in [-0.25, -0.2) is 0 Å². The minimum Gasteiger partial charge on any atom is -0.339 e. The second kappa shape index (κ2) is 4.74. The van der Waals surface area contributed by atoms with Crippen LogP contribution in [0.25, 0.3) is 0 Å². The Bertz CT molecular complexity index is 603. The predicted molar refractivity (Wildman–Crippen MR) is 89.5 cm³/mol. The van der Waals surface area contributed by atoms with Crippen LogP contribution in [0.2, 0.25) is 0 Å². The molecule has 1 aliphatic carbocycles. The third kappa shape index (κ3) is 2.04. The number of fused-ring (bicyclic) bond motifs is 2. The van der Waals surface area contributed by atoms with Crippen molar-refractivity contribution < 1.29 is 0 Å². The van der Waals surface area contributed by atoms with E-state index in [0.717, 1.165) is 12.3 Å². The summed E-state index contributed by atoms with van der Waals surface area (Å²) in [5.41, 5.74) is 3.12. The molecule has 0 spiro atoms. The van der Waals surface area contributed by atoms with Crippen LogP contribution < -0.4 is 4.90 Å². The van der Waals surface area contributed by atoms with Gasteiger partial charge in [0.05, 0.1) is 11.4 Å². The number of benzene rings is 2. The lowest BCUT2D eigenvalue weighted by molar-refractivity contribution is 0.589. The molecule has 1 fully saturated rings. The Balaban J connectivity index is 1.80. The van der Waals surface area contributed by atoms with E-state index in [0.29, 0.717) is 5.41 Å². The van der Waals surface area contributed by atoms with Crippen LogP contribution >= 0.6 is 24.4 Å². The molecule has 0 bridgehead atoms. The third-order valence-electron chi connectivity index (χ3n) is 4.32. The lowest BCUT2D eigenvalue weighted by Gasteiger charge is -2.35. The molecule has 3 heteroatoms. The molecule has 1 nitrogen and oxygen atoms in total. The van der Waals surface area contributed by atoms with E-state index in [2.05, 4.69) is 66.1 Å². The summed E-state index contributed by atoms with van der Waals surface area (Å²) in [5.74, 6) is 0.987. The van der Waals surface area contributed by atoms with Crippen LogP contribution in [0.1, 0.15) is 12.8 Å². The lowest BCUT2D eigenvalue weighted by Crippen LogP contribution is -2.29. The fraction of sp³-hybridized carbons (Fsp3) is 0.294. The van der Waals surface area contributed by atoms with Gasteiger partial charge in [0.1, 0.15) is 0 Å². The number of hydrogen-bond acceptors (Lipinski definition) is 3. The zero-order valence-electron chi connectivity index (χ0n) is 11.2. The summed E-state index contributed by atoms with van der Waals surface area (Å²) in [6, 6.07) is 17.5. The molecule has 0 aromatic heterocycles. The van der Waals surface area contributed by atoms with Gasteiger partial charge < -0.3 is 4.90 Å². The van der Waals surface area contributed by atoms with Gasteiger partial charge in [0.2, 0.25) is 0 Å². The van der Waals surface area contributed by atoms with Crippen molar-refractivity contribution in [3.63, 3.8) is 0 Å². The number of nitrogens with zero attached hydrogens (tertiary/aromatic N) is 1. The lowest BCUT2D eigenvalue weighted by atomic mass is 10.1. The van der Waals surface area contributed by atoms with Crippen LogP contribution in [0.4, 0.5) is 11.4 Å². The first kappa shape index (κ1) is 12.7. The Labute approximate surface area is 129 Å². The second-order valence-electron chi connectivity index (χ2n) is 5.78. The highest BCUT2D eigenvalue weighted by molar-refractivity contribution is 7.99. The van der Waals surface area contributed by atoms with Crippen LogP contribution in [-0.2, 0) is 0 Å². The average molecular weight is 299 g/mol. The van der Waals surface area contributed by atoms with Crippen LogP contribution in [-0.4, -0.2) is 12.3 Å². The zero-order chi connectivity index (χ0) is 13.6. The molecule has 0 unspecified atom stereocenters. The average Bonchev–Trinajstić information content (AvgIpc) is 3.27. The minimum atomic E-state index is 0.422. The molecule has 2 aromatic rings. The number of hydrogen-bond donors (Lipinski definition) is 1. The molecule has 1 aliphatic heterocycles. The van der Waals surface area contributed by atoms with E-state index in [1.807, 2.05) is 11.8 Å². The van der Waals surface area contributed by atoms with Crippen molar-refractivity contribution in [2.24, 2.45) is 5.41 Å². The van der Waals surface area contributed by atoms with Crippen LogP contribution in [0.3, 0.4) is 0 Å². The van der Waals surface area contributed by atoms with E-state index in [4.69, 9.17) is 0 Å². The van der Waals surface area contributed by atoms with Gasteiger partial charge in [-0.15, -0.1) is 0 Å². The molecule has 102 valence electrons. The summed E-state index contributed by atoms with van der Waals surface area (Å²) >= 11 is 6.45. The summed E-state index contributed by atoms with van der Waals surface area (Å²) in [7, 11) is 0. The Kier molecular flexibility index (Phi) is 3.00. The summed E-state index contributed by atoms with van der Waals surface area (Å²) < 4.78 is 0. The molecule has 2 aliphatic rings. The fourth-order valence-corrected chi connectivity index (χ4v) is 4.34. The van der Waals surface area contributed by atoms with Crippen LogP contribution in [0.5, 0.6) is 0 Å². The summed E-state index contributed by atoms with van der Waals surface area (Å²) in [6.45, 7) is 1.09. The third-order valence-corrected chi connectivity index (χ3v) is 6.12. The van der Waals surface area contributed by atoms with E-state index < -0.39 is 0 Å². The van der Waals surface area contributed by atoms with Crippen LogP contribution in [0, 0.1) is 5.41 Å². The van der Waals surface area contributed by atoms with Crippen molar-refractivity contribution in [3.8, 4) is 0 Å². The molecule has 0 N–H and O–H groups in total. The van der Waals surface area contributed by atoms with Crippen LogP contribution in [0.15, 0.2) is 58.3 Å². The molecule has 0 radical (unpaired) electrons. The van der Waals surface area contributed by atoms with E-state index in [1.54, 1.807) is 0 Å². The first-order chi connectivity index (χ1) is 9.81. The highest BCUT2D eigenvalue weighted by atomic mass is 32.2. The second-order valence-corrected chi connectivity index (χ2v) is 7.18. The normalized spacial score (nSPS) is 18.4. The minimum absolute atomic E-state index is 0.422. The Morgan fingerprint density at radius 2 is 1.50 bits per heavy atom. The smallest absolute Gasteiger partial charge is 0.0553 e. The zero-order valence-corrected chi connectivity index (χ0v) is 13.0. The monoisotopic (exact) mass is 299 g/mol. The van der Waals surface area contributed by atoms with E-state index in [9.17, 15) is 0 Å².